The summed E-state index contributed by atoms with van der Waals surface area (Å²) in [6.45, 7) is 6.86. The SMILES string of the molecule is C=C(C)C(NC)c1ccc2c(c1)CCO2. The van der Waals surface area contributed by atoms with Crippen molar-refractivity contribution in [2.75, 3.05) is 13.7 Å². The van der Waals surface area contributed by atoms with E-state index in [-0.39, 0.29) is 6.04 Å². The fourth-order valence-corrected chi connectivity index (χ4v) is 2.08. The Balaban J connectivity index is 2.32. The van der Waals surface area contributed by atoms with Crippen molar-refractivity contribution in [3.8, 4) is 5.75 Å². The summed E-state index contributed by atoms with van der Waals surface area (Å²) in [7, 11) is 1.96. The molecule has 1 aliphatic heterocycles. The van der Waals surface area contributed by atoms with Crippen LogP contribution in [0.4, 0.5) is 0 Å². The normalized spacial score (nSPS) is 15.6. The third-order valence-electron chi connectivity index (χ3n) is 2.83. The first-order chi connectivity index (χ1) is 7.22. The van der Waals surface area contributed by atoms with Crippen molar-refractivity contribution >= 4 is 0 Å². The summed E-state index contributed by atoms with van der Waals surface area (Å²) in [6.07, 6.45) is 1.02. The van der Waals surface area contributed by atoms with Gasteiger partial charge in [0.2, 0.25) is 0 Å². The predicted octanol–water partition coefficient (Wildman–Crippen LogP) is 2.46. The van der Waals surface area contributed by atoms with Gasteiger partial charge in [-0.2, -0.15) is 0 Å². The average Bonchev–Trinajstić information content (AvgIpc) is 2.65. The Hall–Kier alpha value is -1.28. The van der Waals surface area contributed by atoms with Crippen LogP contribution in [0.1, 0.15) is 24.1 Å². The molecule has 0 spiro atoms. The van der Waals surface area contributed by atoms with Crippen molar-refractivity contribution in [1.29, 1.82) is 0 Å². The van der Waals surface area contributed by atoms with Gasteiger partial charge in [0.25, 0.3) is 0 Å². The van der Waals surface area contributed by atoms with Crippen molar-refractivity contribution in [1.82, 2.24) is 5.32 Å². The molecule has 80 valence electrons. The van der Waals surface area contributed by atoms with Crippen LogP contribution in [-0.2, 0) is 6.42 Å². The van der Waals surface area contributed by atoms with Gasteiger partial charge in [-0.05, 0) is 31.2 Å². The van der Waals surface area contributed by atoms with E-state index < -0.39 is 0 Å². The number of fused-ring (bicyclic) bond motifs is 1. The lowest BCUT2D eigenvalue weighted by Crippen LogP contribution is -2.17. The molecule has 2 rings (SSSR count). The van der Waals surface area contributed by atoms with E-state index in [1.807, 2.05) is 14.0 Å². The first-order valence-electron chi connectivity index (χ1n) is 5.30. The molecular weight excluding hydrogens is 186 g/mol. The molecule has 1 heterocycles. The van der Waals surface area contributed by atoms with E-state index in [0.717, 1.165) is 24.4 Å². The van der Waals surface area contributed by atoms with E-state index in [0.29, 0.717) is 0 Å². The molecule has 1 unspecified atom stereocenters. The van der Waals surface area contributed by atoms with Crippen LogP contribution in [0.15, 0.2) is 30.4 Å². The molecule has 2 nitrogen and oxygen atoms in total. The summed E-state index contributed by atoms with van der Waals surface area (Å²) in [5.74, 6) is 1.04. The van der Waals surface area contributed by atoms with E-state index in [9.17, 15) is 0 Å². The highest BCUT2D eigenvalue weighted by Crippen LogP contribution is 2.29. The second-order valence-corrected chi connectivity index (χ2v) is 4.03. The number of benzene rings is 1. The number of ether oxygens (including phenoxy) is 1. The number of rotatable bonds is 3. The Labute approximate surface area is 91.0 Å². The summed E-state index contributed by atoms with van der Waals surface area (Å²) in [6, 6.07) is 6.64. The summed E-state index contributed by atoms with van der Waals surface area (Å²) in [4.78, 5) is 0. The zero-order valence-corrected chi connectivity index (χ0v) is 9.34. The van der Waals surface area contributed by atoms with Gasteiger partial charge < -0.3 is 10.1 Å². The highest BCUT2D eigenvalue weighted by molar-refractivity contribution is 5.42. The molecule has 0 radical (unpaired) electrons. The molecule has 1 N–H and O–H groups in total. The lowest BCUT2D eigenvalue weighted by atomic mass is 9.98. The van der Waals surface area contributed by atoms with Crippen LogP contribution < -0.4 is 10.1 Å². The van der Waals surface area contributed by atoms with E-state index in [2.05, 4.69) is 30.1 Å². The van der Waals surface area contributed by atoms with Crippen molar-refractivity contribution < 1.29 is 4.74 Å². The van der Waals surface area contributed by atoms with E-state index >= 15 is 0 Å². The van der Waals surface area contributed by atoms with Crippen molar-refractivity contribution in [2.24, 2.45) is 0 Å². The smallest absolute Gasteiger partial charge is 0.122 e. The van der Waals surface area contributed by atoms with Gasteiger partial charge in [-0.3, -0.25) is 0 Å². The lowest BCUT2D eigenvalue weighted by molar-refractivity contribution is 0.357. The second kappa shape index (κ2) is 4.07. The predicted molar refractivity (Wildman–Crippen MR) is 62.3 cm³/mol. The van der Waals surface area contributed by atoms with E-state index in [1.165, 1.54) is 11.1 Å². The lowest BCUT2D eigenvalue weighted by Gasteiger charge is -2.17. The van der Waals surface area contributed by atoms with Gasteiger partial charge in [0.1, 0.15) is 5.75 Å². The number of hydrogen-bond donors (Lipinski definition) is 1. The third-order valence-corrected chi connectivity index (χ3v) is 2.83. The Morgan fingerprint density at radius 1 is 1.53 bits per heavy atom. The largest absolute Gasteiger partial charge is 0.493 e. The number of likely N-dealkylation sites (N-methyl/N-ethyl adjacent to an activating group) is 1. The third kappa shape index (κ3) is 1.90. The average molecular weight is 203 g/mol. The topological polar surface area (TPSA) is 21.3 Å². The van der Waals surface area contributed by atoms with Crippen molar-refractivity contribution in [2.45, 2.75) is 19.4 Å². The summed E-state index contributed by atoms with van der Waals surface area (Å²) < 4.78 is 5.48. The summed E-state index contributed by atoms with van der Waals surface area (Å²) in [5.41, 5.74) is 3.72. The van der Waals surface area contributed by atoms with Crippen LogP contribution in [-0.4, -0.2) is 13.7 Å². The van der Waals surface area contributed by atoms with Crippen LogP contribution in [0.3, 0.4) is 0 Å². The van der Waals surface area contributed by atoms with Crippen LogP contribution in [0.25, 0.3) is 0 Å². The molecule has 0 amide bonds. The molecule has 0 bridgehead atoms. The molecule has 0 aliphatic carbocycles. The number of hydrogen-bond acceptors (Lipinski definition) is 2. The molecule has 0 fully saturated rings. The van der Waals surface area contributed by atoms with Crippen LogP contribution >= 0.6 is 0 Å². The number of nitrogens with one attached hydrogen (secondary N) is 1. The molecular formula is C13H17NO. The zero-order chi connectivity index (χ0) is 10.8. The van der Waals surface area contributed by atoms with Gasteiger partial charge in [0.05, 0.1) is 12.6 Å². The minimum Gasteiger partial charge on any atom is -0.493 e. The summed E-state index contributed by atoms with van der Waals surface area (Å²) in [5, 5.41) is 3.27. The maximum absolute atomic E-state index is 5.48. The molecule has 0 aromatic heterocycles. The second-order valence-electron chi connectivity index (χ2n) is 4.03. The van der Waals surface area contributed by atoms with Crippen LogP contribution in [0.5, 0.6) is 5.75 Å². The Morgan fingerprint density at radius 3 is 3.00 bits per heavy atom. The first-order valence-corrected chi connectivity index (χ1v) is 5.30. The maximum atomic E-state index is 5.48. The van der Waals surface area contributed by atoms with Gasteiger partial charge >= 0.3 is 0 Å². The minimum atomic E-state index is 0.246. The molecule has 1 atom stereocenters. The van der Waals surface area contributed by atoms with Gasteiger partial charge in [0, 0.05) is 6.42 Å². The van der Waals surface area contributed by atoms with E-state index in [1.54, 1.807) is 0 Å². The van der Waals surface area contributed by atoms with Gasteiger partial charge in [-0.15, -0.1) is 0 Å². The maximum Gasteiger partial charge on any atom is 0.122 e. The standard InChI is InChI=1S/C13H17NO/c1-9(2)13(14-3)11-4-5-12-10(8-11)6-7-15-12/h4-5,8,13-14H,1,6-7H2,2-3H3. The van der Waals surface area contributed by atoms with E-state index in [4.69, 9.17) is 4.74 Å². The molecule has 1 aromatic carbocycles. The molecule has 1 aliphatic rings. The summed E-state index contributed by atoms with van der Waals surface area (Å²) >= 11 is 0. The van der Waals surface area contributed by atoms with Crippen LogP contribution in [0, 0.1) is 0 Å². The Bertz CT molecular complexity index is 384. The highest BCUT2D eigenvalue weighted by atomic mass is 16.5. The quantitative estimate of drug-likeness (QED) is 0.762. The van der Waals surface area contributed by atoms with Gasteiger partial charge in [-0.25, -0.2) is 0 Å². The molecule has 1 aromatic rings. The van der Waals surface area contributed by atoms with Crippen molar-refractivity contribution in [3.05, 3.63) is 41.5 Å². The van der Waals surface area contributed by atoms with Gasteiger partial charge in [0.15, 0.2) is 0 Å². The monoisotopic (exact) mass is 203 g/mol. The van der Waals surface area contributed by atoms with Gasteiger partial charge in [-0.1, -0.05) is 24.3 Å². The molecule has 0 saturated carbocycles. The van der Waals surface area contributed by atoms with Crippen molar-refractivity contribution in [3.63, 3.8) is 0 Å². The molecule has 15 heavy (non-hydrogen) atoms. The van der Waals surface area contributed by atoms with Crippen LogP contribution in [0.2, 0.25) is 0 Å². The Morgan fingerprint density at radius 2 is 2.33 bits per heavy atom. The fourth-order valence-electron chi connectivity index (χ4n) is 2.08. The molecule has 0 saturated heterocycles. The minimum absolute atomic E-state index is 0.246. The zero-order valence-electron chi connectivity index (χ0n) is 9.34. The Kier molecular flexibility index (Phi) is 2.78. The highest BCUT2D eigenvalue weighted by Gasteiger charge is 2.15. The fraction of sp³-hybridized carbons (Fsp3) is 0.385. The molecule has 2 heteroatoms. The first kappa shape index (κ1) is 10.2.